The molecule has 0 aliphatic rings. The second-order valence-electron chi connectivity index (χ2n) is 4.22. The van der Waals surface area contributed by atoms with Crippen molar-refractivity contribution in [3.05, 3.63) is 28.2 Å². The first-order chi connectivity index (χ1) is 11.1. The molecule has 0 bridgehead atoms. The number of esters is 1. The number of methoxy groups -OCH3 is 1. The highest BCUT2D eigenvalue weighted by Crippen LogP contribution is 2.23. The highest BCUT2D eigenvalue weighted by atomic mass is 79.9. The number of halogens is 1. The van der Waals surface area contributed by atoms with Crippen LogP contribution in [0.15, 0.2) is 22.7 Å². The first-order valence-electron chi connectivity index (χ1n) is 7.29. The van der Waals surface area contributed by atoms with Crippen molar-refractivity contribution < 1.29 is 23.8 Å². The lowest BCUT2D eigenvalue weighted by molar-refractivity contribution is -0.145. The number of hydrogen-bond acceptors (Lipinski definition) is 6. The van der Waals surface area contributed by atoms with Crippen molar-refractivity contribution in [2.75, 3.05) is 33.5 Å². The predicted octanol–water partition coefficient (Wildman–Crippen LogP) is 2.33. The summed E-state index contributed by atoms with van der Waals surface area (Å²) in [6.07, 6.45) is 0.789. The van der Waals surface area contributed by atoms with Crippen molar-refractivity contribution in [2.45, 2.75) is 20.4 Å². The molecule has 1 N–H and O–H groups in total. The van der Waals surface area contributed by atoms with E-state index in [-0.39, 0.29) is 13.2 Å². The Balaban J connectivity index is 0.00000108. The molecule has 0 amide bonds. The van der Waals surface area contributed by atoms with Gasteiger partial charge in [-0.2, -0.15) is 0 Å². The number of hydrogen-bond donors (Lipinski definition) is 1. The topological polar surface area (TPSA) is 73.9 Å². The van der Waals surface area contributed by atoms with Gasteiger partial charge in [-0.15, -0.1) is 0 Å². The number of ether oxygens (including phenoxy) is 3. The van der Waals surface area contributed by atoms with Crippen LogP contribution in [0.4, 0.5) is 0 Å². The lowest BCUT2D eigenvalue weighted by atomic mass is 10.2. The first-order valence-corrected chi connectivity index (χ1v) is 8.08. The van der Waals surface area contributed by atoms with Crippen LogP contribution in [0, 0.1) is 0 Å². The second-order valence-corrected chi connectivity index (χ2v) is 5.14. The summed E-state index contributed by atoms with van der Waals surface area (Å²) in [6, 6.07) is 5.46. The van der Waals surface area contributed by atoms with E-state index in [9.17, 15) is 9.59 Å². The molecule has 0 saturated heterocycles. The minimum atomic E-state index is -0.405. The molecule has 0 atom stereocenters. The van der Waals surface area contributed by atoms with Crippen LogP contribution in [0.3, 0.4) is 0 Å². The van der Waals surface area contributed by atoms with E-state index in [0.29, 0.717) is 18.9 Å². The summed E-state index contributed by atoms with van der Waals surface area (Å²) in [6.45, 7) is 5.47. The van der Waals surface area contributed by atoms with E-state index >= 15 is 0 Å². The Hall–Kier alpha value is -1.44. The van der Waals surface area contributed by atoms with E-state index in [1.54, 1.807) is 20.1 Å². The molecule has 1 rings (SSSR count). The van der Waals surface area contributed by atoms with Gasteiger partial charge in [-0.1, -0.05) is 15.9 Å². The molecule has 1 aromatic carbocycles. The number of nitrogens with one attached hydrogen (secondary N) is 1. The van der Waals surface area contributed by atoms with E-state index in [0.717, 1.165) is 22.9 Å². The smallest absolute Gasteiger partial charge is 0.344 e. The zero-order chi connectivity index (χ0) is 17.5. The van der Waals surface area contributed by atoms with E-state index < -0.39 is 5.97 Å². The zero-order valence-electron chi connectivity index (χ0n) is 13.8. The lowest BCUT2D eigenvalue weighted by Gasteiger charge is -2.11. The van der Waals surface area contributed by atoms with Crippen LogP contribution in [0.2, 0.25) is 0 Å². The van der Waals surface area contributed by atoms with Gasteiger partial charge in [0, 0.05) is 30.3 Å². The van der Waals surface area contributed by atoms with E-state index in [4.69, 9.17) is 9.47 Å². The molecular formula is C16H24BrNO5. The Morgan fingerprint density at radius 1 is 1.30 bits per heavy atom. The minimum Gasteiger partial charge on any atom is -0.482 e. The summed E-state index contributed by atoms with van der Waals surface area (Å²) < 4.78 is 15.6. The Morgan fingerprint density at radius 3 is 2.57 bits per heavy atom. The summed E-state index contributed by atoms with van der Waals surface area (Å²) in [5.41, 5.74) is 0.862. The van der Waals surface area contributed by atoms with Gasteiger partial charge in [-0.3, -0.25) is 0 Å². The number of carbonyl (C=O) groups is 2. The van der Waals surface area contributed by atoms with Crippen molar-refractivity contribution in [2.24, 2.45) is 0 Å². The molecule has 0 aromatic heterocycles. The van der Waals surface area contributed by atoms with Crippen LogP contribution in [0.25, 0.3) is 0 Å². The van der Waals surface area contributed by atoms with E-state index in [2.05, 4.69) is 26.0 Å². The number of aldehydes is 1. The monoisotopic (exact) mass is 389 g/mol. The molecule has 0 aliphatic carbocycles. The molecule has 0 heterocycles. The van der Waals surface area contributed by atoms with Crippen LogP contribution >= 0.6 is 15.9 Å². The summed E-state index contributed by atoms with van der Waals surface area (Å²) in [4.78, 5) is 21.5. The third-order valence-electron chi connectivity index (χ3n) is 2.51. The van der Waals surface area contributed by atoms with Crippen LogP contribution in [-0.2, 0) is 25.6 Å². The molecule has 130 valence electrons. The largest absolute Gasteiger partial charge is 0.482 e. The van der Waals surface area contributed by atoms with Gasteiger partial charge in [0.15, 0.2) is 6.61 Å². The lowest BCUT2D eigenvalue weighted by Crippen LogP contribution is -2.18. The zero-order valence-corrected chi connectivity index (χ0v) is 15.4. The van der Waals surface area contributed by atoms with Gasteiger partial charge >= 0.3 is 5.97 Å². The maximum Gasteiger partial charge on any atom is 0.344 e. The molecule has 23 heavy (non-hydrogen) atoms. The Bertz CT molecular complexity index is 466. The summed E-state index contributed by atoms with van der Waals surface area (Å²) in [5.74, 6) is 0.187. The van der Waals surface area contributed by atoms with Crippen LogP contribution in [-0.4, -0.2) is 45.7 Å². The van der Waals surface area contributed by atoms with Gasteiger partial charge in [0.2, 0.25) is 0 Å². The first kappa shape index (κ1) is 21.6. The fourth-order valence-electron chi connectivity index (χ4n) is 1.43. The molecule has 6 nitrogen and oxygen atoms in total. The summed E-state index contributed by atoms with van der Waals surface area (Å²) in [5, 5.41) is 2.95. The number of carbonyl (C=O) groups excluding carboxylic acids is 2. The van der Waals surface area contributed by atoms with Gasteiger partial charge < -0.3 is 24.3 Å². The van der Waals surface area contributed by atoms with Crippen LogP contribution in [0.1, 0.15) is 19.4 Å². The Morgan fingerprint density at radius 2 is 2.00 bits per heavy atom. The summed E-state index contributed by atoms with van der Waals surface area (Å²) in [7, 11) is 1.68. The maximum absolute atomic E-state index is 11.2. The van der Waals surface area contributed by atoms with Gasteiger partial charge in [0.1, 0.15) is 12.0 Å². The quantitative estimate of drug-likeness (QED) is 0.396. The van der Waals surface area contributed by atoms with Crippen molar-refractivity contribution in [3.8, 4) is 5.75 Å². The van der Waals surface area contributed by atoms with Crippen molar-refractivity contribution in [1.29, 1.82) is 0 Å². The third-order valence-corrected chi connectivity index (χ3v) is 3.00. The molecular weight excluding hydrogens is 366 g/mol. The molecule has 0 spiro atoms. The molecule has 1 aromatic rings. The molecule has 7 heteroatoms. The van der Waals surface area contributed by atoms with Gasteiger partial charge in [-0.05, 0) is 32.0 Å². The van der Waals surface area contributed by atoms with Crippen molar-refractivity contribution in [3.63, 3.8) is 0 Å². The van der Waals surface area contributed by atoms with Gasteiger partial charge in [-0.25, -0.2) is 4.79 Å². The minimum absolute atomic E-state index is 0.129. The van der Waals surface area contributed by atoms with Crippen molar-refractivity contribution in [1.82, 2.24) is 5.32 Å². The number of benzene rings is 1. The molecule has 0 fully saturated rings. The molecule has 0 aliphatic heterocycles. The normalized spacial score (nSPS) is 9.57. The fraction of sp³-hybridized carbons (Fsp3) is 0.500. The Labute approximate surface area is 145 Å². The van der Waals surface area contributed by atoms with Crippen LogP contribution < -0.4 is 10.1 Å². The average molecular weight is 390 g/mol. The molecule has 0 saturated carbocycles. The standard InChI is InChI=1S/C13H16BrNO4.C3H8O/c1-2-18-13(17)9-19-12-4-3-11(14)7-10(12)8-15-5-6-16;1-3-4-2/h3-4,6-7,15H,2,5,8-9H2,1H3;3H2,1-2H3. The molecule has 0 radical (unpaired) electrons. The SMILES string of the molecule is CCOC.CCOC(=O)COc1ccc(Br)cc1CNCC=O. The van der Waals surface area contributed by atoms with Crippen molar-refractivity contribution >= 4 is 28.2 Å². The maximum atomic E-state index is 11.2. The summed E-state index contributed by atoms with van der Waals surface area (Å²) >= 11 is 3.37. The Kier molecular flexibility index (Phi) is 13.3. The second kappa shape index (κ2) is 14.2. The van der Waals surface area contributed by atoms with Crippen LogP contribution in [0.5, 0.6) is 5.75 Å². The van der Waals surface area contributed by atoms with Gasteiger partial charge in [0.25, 0.3) is 0 Å². The van der Waals surface area contributed by atoms with E-state index in [1.807, 2.05) is 19.1 Å². The predicted molar refractivity (Wildman–Crippen MR) is 91.6 cm³/mol. The highest BCUT2D eigenvalue weighted by Gasteiger charge is 2.08. The fourth-order valence-corrected chi connectivity index (χ4v) is 1.84. The van der Waals surface area contributed by atoms with E-state index in [1.165, 1.54) is 0 Å². The third kappa shape index (κ3) is 10.8. The highest BCUT2D eigenvalue weighted by molar-refractivity contribution is 9.10. The molecule has 0 unspecified atom stereocenters. The number of rotatable bonds is 9. The average Bonchev–Trinajstić information content (AvgIpc) is 2.55. The van der Waals surface area contributed by atoms with Gasteiger partial charge in [0.05, 0.1) is 13.2 Å².